The van der Waals surface area contributed by atoms with Gasteiger partial charge in [0.05, 0.1) is 10.7 Å². The predicted octanol–water partition coefficient (Wildman–Crippen LogP) is 6.95. The highest BCUT2D eigenvalue weighted by Crippen LogP contribution is 2.29. The molecule has 0 spiro atoms. The van der Waals surface area contributed by atoms with Gasteiger partial charge < -0.3 is 9.30 Å². The van der Waals surface area contributed by atoms with Gasteiger partial charge in [-0.1, -0.05) is 35.3 Å². The molecule has 2 amide bonds. The molecular formula is C30H22Cl2FN3O3S. The molecule has 202 valence electrons. The van der Waals surface area contributed by atoms with Crippen LogP contribution in [0.4, 0.5) is 10.1 Å². The molecule has 1 fully saturated rings. The first kappa shape index (κ1) is 27.6. The molecule has 1 aliphatic rings. The van der Waals surface area contributed by atoms with E-state index in [-0.39, 0.29) is 21.4 Å². The van der Waals surface area contributed by atoms with Crippen LogP contribution in [0.1, 0.15) is 22.5 Å². The molecule has 0 radical (unpaired) electrons. The fraction of sp³-hybridized carbons (Fsp3) is 0.100. The zero-order valence-electron chi connectivity index (χ0n) is 21.4. The lowest BCUT2D eigenvalue weighted by atomic mass is 10.1. The first-order valence-electron chi connectivity index (χ1n) is 12.2. The van der Waals surface area contributed by atoms with E-state index >= 15 is 0 Å². The van der Waals surface area contributed by atoms with Crippen molar-refractivity contribution in [2.75, 3.05) is 4.90 Å². The third kappa shape index (κ3) is 5.51. The smallest absolute Gasteiger partial charge is 0.270 e. The van der Waals surface area contributed by atoms with Crippen molar-refractivity contribution < 1.29 is 18.7 Å². The van der Waals surface area contributed by atoms with Crippen LogP contribution in [0.15, 0.2) is 78.4 Å². The SMILES string of the molecule is Cc1cc(/C=C2\C(=O)NC(=S)N(c3ccc(F)c(Cl)c3)C2=O)c(C)n1-c1ccc(OCc2ccc(Cl)cc2)cc1. The largest absolute Gasteiger partial charge is 0.489 e. The molecule has 4 aromatic rings. The molecule has 0 unspecified atom stereocenters. The Morgan fingerprint density at radius 3 is 2.30 bits per heavy atom. The maximum atomic E-state index is 13.7. The summed E-state index contributed by atoms with van der Waals surface area (Å²) in [5, 5.41) is 2.93. The highest BCUT2D eigenvalue weighted by molar-refractivity contribution is 7.80. The highest BCUT2D eigenvalue weighted by atomic mass is 35.5. The molecule has 0 bridgehead atoms. The molecule has 0 aliphatic carbocycles. The monoisotopic (exact) mass is 593 g/mol. The fourth-order valence-corrected chi connectivity index (χ4v) is 5.02. The Balaban J connectivity index is 1.40. The number of ether oxygens (including phenoxy) is 1. The Bertz CT molecular complexity index is 1680. The Morgan fingerprint density at radius 1 is 0.950 bits per heavy atom. The van der Waals surface area contributed by atoms with E-state index in [0.29, 0.717) is 22.9 Å². The van der Waals surface area contributed by atoms with Crippen molar-refractivity contribution in [3.8, 4) is 11.4 Å². The number of nitrogens with one attached hydrogen (secondary N) is 1. The second-order valence-corrected chi connectivity index (χ2v) is 10.4. The van der Waals surface area contributed by atoms with Gasteiger partial charge in [0.25, 0.3) is 11.8 Å². The van der Waals surface area contributed by atoms with E-state index in [0.717, 1.165) is 33.6 Å². The summed E-state index contributed by atoms with van der Waals surface area (Å²) in [5.41, 5.74) is 4.44. The number of anilines is 1. The van der Waals surface area contributed by atoms with Crippen molar-refractivity contribution in [3.63, 3.8) is 0 Å². The van der Waals surface area contributed by atoms with Crippen LogP contribution in [-0.2, 0) is 16.2 Å². The fourth-order valence-electron chi connectivity index (χ4n) is 4.44. The van der Waals surface area contributed by atoms with Gasteiger partial charge in [0, 0.05) is 22.1 Å². The molecule has 2 heterocycles. The van der Waals surface area contributed by atoms with Crippen LogP contribution in [0.5, 0.6) is 5.75 Å². The van der Waals surface area contributed by atoms with E-state index in [4.69, 9.17) is 40.2 Å². The summed E-state index contributed by atoms with van der Waals surface area (Å²) in [6, 6.07) is 20.8. The van der Waals surface area contributed by atoms with E-state index in [1.165, 1.54) is 18.2 Å². The molecular weight excluding hydrogens is 572 g/mol. The maximum Gasteiger partial charge on any atom is 0.270 e. The summed E-state index contributed by atoms with van der Waals surface area (Å²) in [6.07, 6.45) is 1.53. The van der Waals surface area contributed by atoms with Gasteiger partial charge in [0.1, 0.15) is 23.7 Å². The van der Waals surface area contributed by atoms with Crippen molar-refractivity contribution in [2.24, 2.45) is 0 Å². The van der Waals surface area contributed by atoms with E-state index in [9.17, 15) is 14.0 Å². The Morgan fingerprint density at radius 2 is 1.62 bits per heavy atom. The number of hydrogen-bond acceptors (Lipinski definition) is 4. The van der Waals surface area contributed by atoms with Crippen molar-refractivity contribution in [1.82, 2.24) is 9.88 Å². The first-order chi connectivity index (χ1) is 19.1. The average Bonchev–Trinajstić information content (AvgIpc) is 3.20. The highest BCUT2D eigenvalue weighted by Gasteiger charge is 2.35. The van der Waals surface area contributed by atoms with E-state index in [1.54, 1.807) is 0 Å². The number of benzene rings is 3. The van der Waals surface area contributed by atoms with Crippen molar-refractivity contribution in [2.45, 2.75) is 20.5 Å². The molecule has 1 N–H and O–H groups in total. The van der Waals surface area contributed by atoms with Gasteiger partial charge in [-0.3, -0.25) is 19.8 Å². The van der Waals surface area contributed by atoms with Gasteiger partial charge in [-0.2, -0.15) is 0 Å². The van der Waals surface area contributed by atoms with Crippen LogP contribution >= 0.6 is 35.4 Å². The van der Waals surface area contributed by atoms with Gasteiger partial charge in [0.15, 0.2) is 5.11 Å². The van der Waals surface area contributed by atoms with Crippen LogP contribution in [0.2, 0.25) is 10.0 Å². The number of aryl methyl sites for hydroxylation is 1. The lowest BCUT2D eigenvalue weighted by molar-refractivity contribution is -0.122. The minimum atomic E-state index is -0.636. The zero-order valence-corrected chi connectivity index (χ0v) is 23.7. The van der Waals surface area contributed by atoms with E-state index in [2.05, 4.69) is 5.32 Å². The van der Waals surface area contributed by atoms with E-state index < -0.39 is 17.6 Å². The molecule has 0 atom stereocenters. The lowest BCUT2D eigenvalue weighted by Crippen LogP contribution is -2.54. The van der Waals surface area contributed by atoms with Crippen LogP contribution in [-0.4, -0.2) is 21.5 Å². The number of nitrogens with zero attached hydrogens (tertiary/aromatic N) is 2. The Labute approximate surface area is 245 Å². The van der Waals surface area contributed by atoms with Crippen molar-refractivity contribution in [1.29, 1.82) is 0 Å². The van der Waals surface area contributed by atoms with Crippen molar-refractivity contribution >= 4 is 64.1 Å². The quantitative estimate of drug-likeness (QED) is 0.149. The minimum Gasteiger partial charge on any atom is -0.489 e. The summed E-state index contributed by atoms with van der Waals surface area (Å²) in [5.74, 6) is -1.17. The number of aromatic nitrogens is 1. The molecule has 3 aromatic carbocycles. The maximum absolute atomic E-state index is 13.7. The summed E-state index contributed by atoms with van der Waals surface area (Å²) in [6.45, 7) is 4.25. The van der Waals surface area contributed by atoms with Crippen molar-refractivity contribution in [3.05, 3.63) is 117 Å². The van der Waals surface area contributed by atoms with Crippen LogP contribution in [0, 0.1) is 19.7 Å². The molecule has 1 aliphatic heterocycles. The summed E-state index contributed by atoms with van der Waals surface area (Å²) in [7, 11) is 0. The molecule has 6 nitrogen and oxygen atoms in total. The van der Waals surface area contributed by atoms with E-state index in [1.807, 2.05) is 73.0 Å². The lowest BCUT2D eigenvalue weighted by Gasteiger charge is -2.29. The van der Waals surface area contributed by atoms with Gasteiger partial charge in [-0.25, -0.2) is 4.39 Å². The second kappa shape index (κ2) is 11.3. The van der Waals surface area contributed by atoms with Gasteiger partial charge in [0.2, 0.25) is 0 Å². The van der Waals surface area contributed by atoms with Gasteiger partial charge in [-0.15, -0.1) is 0 Å². The molecule has 0 saturated carbocycles. The number of hydrogen-bond donors (Lipinski definition) is 1. The predicted molar refractivity (Wildman–Crippen MR) is 159 cm³/mol. The summed E-state index contributed by atoms with van der Waals surface area (Å²) < 4.78 is 21.6. The number of rotatable bonds is 6. The van der Waals surface area contributed by atoms with Gasteiger partial charge >= 0.3 is 0 Å². The molecule has 5 rings (SSSR count). The number of carbonyl (C=O) groups excluding carboxylic acids is 2. The Kier molecular flexibility index (Phi) is 7.76. The summed E-state index contributed by atoms with van der Waals surface area (Å²) >= 11 is 17.1. The average molecular weight is 594 g/mol. The van der Waals surface area contributed by atoms with Gasteiger partial charge in [-0.05, 0) is 104 Å². The molecule has 10 heteroatoms. The molecule has 1 aromatic heterocycles. The third-order valence-corrected chi connectivity index (χ3v) is 7.27. The molecule has 40 heavy (non-hydrogen) atoms. The number of halogens is 3. The minimum absolute atomic E-state index is 0.111. The zero-order chi connectivity index (χ0) is 28.6. The topological polar surface area (TPSA) is 63.6 Å². The van der Waals surface area contributed by atoms with Crippen LogP contribution in [0.25, 0.3) is 11.8 Å². The molecule has 1 saturated heterocycles. The number of thiocarbonyl (C=S) groups is 1. The van der Waals surface area contributed by atoms with Crippen LogP contribution in [0.3, 0.4) is 0 Å². The van der Waals surface area contributed by atoms with Crippen LogP contribution < -0.4 is 15.0 Å². The Hall–Kier alpha value is -3.98. The third-order valence-electron chi connectivity index (χ3n) is 6.45. The standard InChI is InChI=1S/C30H22Cl2FN3O3S/c1-17-13-20(14-25-28(37)34-30(40)36(29(25)38)23-9-12-27(33)26(32)15-23)18(2)35(17)22-7-10-24(11-8-22)39-16-19-3-5-21(31)6-4-19/h3-15H,16H2,1-2H3,(H,34,37,40)/b25-14+. The first-order valence-corrected chi connectivity index (χ1v) is 13.3. The number of amides is 2. The second-order valence-electron chi connectivity index (χ2n) is 9.13. The summed E-state index contributed by atoms with van der Waals surface area (Å²) in [4.78, 5) is 27.3. The number of carbonyl (C=O) groups is 2. The normalized spacial score (nSPS) is 14.6.